The van der Waals surface area contributed by atoms with Gasteiger partial charge in [-0.25, -0.2) is 9.78 Å². The molecule has 0 aliphatic rings. The van der Waals surface area contributed by atoms with E-state index in [1.807, 2.05) is 0 Å². The van der Waals surface area contributed by atoms with E-state index in [9.17, 15) is 4.79 Å². The summed E-state index contributed by atoms with van der Waals surface area (Å²) in [5.41, 5.74) is 0.254. The molecule has 16 heavy (non-hydrogen) atoms. The molecule has 88 valence electrons. The predicted molar refractivity (Wildman–Crippen MR) is 62.8 cm³/mol. The molecule has 1 heterocycles. The van der Waals surface area contributed by atoms with E-state index >= 15 is 0 Å². The summed E-state index contributed by atoms with van der Waals surface area (Å²) in [5, 5.41) is 15.1. The second kappa shape index (κ2) is 6.79. The van der Waals surface area contributed by atoms with Crippen molar-refractivity contribution in [2.24, 2.45) is 0 Å². The summed E-state index contributed by atoms with van der Waals surface area (Å²) < 4.78 is 0. The largest absolute Gasteiger partial charge is 0.478 e. The second-order valence-corrected chi connectivity index (χ2v) is 3.37. The molecular formula is C11H17N3O2. The zero-order chi connectivity index (χ0) is 11.8. The molecule has 0 aromatic carbocycles. The maximum Gasteiger partial charge on any atom is 0.335 e. The maximum atomic E-state index is 10.7. The van der Waals surface area contributed by atoms with E-state index in [2.05, 4.69) is 22.5 Å². The third kappa shape index (κ3) is 4.27. The van der Waals surface area contributed by atoms with Crippen LogP contribution in [0.1, 0.15) is 23.7 Å². The van der Waals surface area contributed by atoms with Crippen molar-refractivity contribution in [1.29, 1.82) is 0 Å². The van der Waals surface area contributed by atoms with Crippen LogP contribution in [0.4, 0.5) is 5.82 Å². The maximum absolute atomic E-state index is 10.7. The Labute approximate surface area is 94.9 Å². The SMILES string of the molecule is CCNCCCNc1cc(C(=O)O)ccn1. The van der Waals surface area contributed by atoms with Crippen LogP contribution in [0.25, 0.3) is 0 Å². The average Bonchev–Trinajstić information content (AvgIpc) is 2.29. The molecular weight excluding hydrogens is 206 g/mol. The van der Waals surface area contributed by atoms with Crippen LogP contribution in [0.5, 0.6) is 0 Å². The van der Waals surface area contributed by atoms with Crippen molar-refractivity contribution in [3.63, 3.8) is 0 Å². The zero-order valence-electron chi connectivity index (χ0n) is 9.36. The van der Waals surface area contributed by atoms with Gasteiger partial charge in [0.1, 0.15) is 5.82 Å². The summed E-state index contributed by atoms with van der Waals surface area (Å²) in [6.07, 6.45) is 2.48. The van der Waals surface area contributed by atoms with Gasteiger partial charge in [-0.05, 0) is 31.6 Å². The lowest BCUT2D eigenvalue weighted by Gasteiger charge is -2.06. The molecule has 0 atom stereocenters. The first-order chi connectivity index (χ1) is 7.74. The van der Waals surface area contributed by atoms with Crippen molar-refractivity contribution >= 4 is 11.8 Å². The standard InChI is InChI=1S/C11H17N3O2/c1-2-12-5-3-6-13-10-8-9(11(15)16)4-7-14-10/h4,7-8,12H,2-3,5-6H2,1H3,(H,13,14)(H,15,16). The van der Waals surface area contributed by atoms with Gasteiger partial charge in [0.25, 0.3) is 0 Å². The molecule has 0 aliphatic heterocycles. The van der Waals surface area contributed by atoms with Crippen molar-refractivity contribution < 1.29 is 9.90 Å². The Hall–Kier alpha value is -1.62. The number of carboxylic acid groups (broad SMARTS) is 1. The van der Waals surface area contributed by atoms with Crippen molar-refractivity contribution in [1.82, 2.24) is 10.3 Å². The molecule has 0 aliphatic carbocycles. The van der Waals surface area contributed by atoms with Gasteiger partial charge in [-0.1, -0.05) is 6.92 Å². The van der Waals surface area contributed by atoms with E-state index in [4.69, 9.17) is 5.11 Å². The first kappa shape index (κ1) is 12.4. The number of hydrogen-bond acceptors (Lipinski definition) is 4. The van der Waals surface area contributed by atoms with Crippen LogP contribution in [-0.4, -0.2) is 35.7 Å². The van der Waals surface area contributed by atoms with Crippen molar-refractivity contribution in [3.8, 4) is 0 Å². The number of nitrogens with one attached hydrogen (secondary N) is 2. The predicted octanol–water partition coefficient (Wildman–Crippen LogP) is 1.19. The topological polar surface area (TPSA) is 74.2 Å². The van der Waals surface area contributed by atoms with E-state index in [0.717, 1.165) is 26.1 Å². The van der Waals surface area contributed by atoms with E-state index in [-0.39, 0.29) is 5.56 Å². The molecule has 0 bridgehead atoms. The number of rotatable bonds is 7. The highest BCUT2D eigenvalue weighted by Crippen LogP contribution is 2.06. The minimum atomic E-state index is -0.932. The van der Waals surface area contributed by atoms with E-state index in [1.54, 1.807) is 0 Å². The molecule has 0 spiro atoms. The van der Waals surface area contributed by atoms with Gasteiger partial charge in [0.15, 0.2) is 0 Å². The number of aromatic carboxylic acids is 1. The molecule has 1 rings (SSSR count). The fourth-order valence-corrected chi connectivity index (χ4v) is 1.27. The number of pyridine rings is 1. The molecule has 0 fully saturated rings. The lowest BCUT2D eigenvalue weighted by Crippen LogP contribution is -2.17. The molecule has 0 unspecified atom stereocenters. The summed E-state index contributed by atoms with van der Waals surface area (Å²) in [4.78, 5) is 14.7. The molecule has 0 amide bonds. The fraction of sp³-hybridized carbons (Fsp3) is 0.455. The minimum absolute atomic E-state index is 0.254. The number of carboxylic acids is 1. The summed E-state index contributed by atoms with van der Waals surface area (Å²) in [7, 11) is 0. The quantitative estimate of drug-likeness (QED) is 0.605. The Morgan fingerprint density at radius 1 is 1.50 bits per heavy atom. The Balaban J connectivity index is 2.36. The summed E-state index contributed by atoms with van der Waals surface area (Å²) in [6.45, 7) is 4.75. The number of carbonyl (C=O) groups is 1. The van der Waals surface area contributed by atoms with Gasteiger partial charge in [-0.2, -0.15) is 0 Å². The highest BCUT2D eigenvalue weighted by atomic mass is 16.4. The fourth-order valence-electron chi connectivity index (χ4n) is 1.27. The first-order valence-electron chi connectivity index (χ1n) is 5.38. The van der Waals surface area contributed by atoms with Crippen LogP contribution in [0.15, 0.2) is 18.3 Å². The summed E-state index contributed by atoms with van der Waals surface area (Å²) in [5.74, 6) is -0.325. The molecule has 0 radical (unpaired) electrons. The third-order valence-electron chi connectivity index (χ3n) is 2.09. The molecule has 1 aromatic rings. The molecule has 5 nitrogen and oxygen atoms in total. The lowest BCUT2D eigenvalue weighted by atomic mass is 10.2. The Morgan fingerprint density at radius 3 is 3.00 bits per heavy atom. The normalized spacial score (nSPS) is 10.1. The molecule has 5 heteroatoms. The number of nitrogens with zero attached hydrogens (tertiary/aromatic N) is 1. The number of aromatic nitrogens is 1. The average molecular weight is 223 g/mol. The van der Waals surface area contributed by atoms with Crippen molar-refractivity contribution in [2.75, 3.05) is 25.0 Å². The van der Waals surface area contributed by atoms with E-state index < -0.39 is 5.97 Å². The highest BCUT2D eigenvalue weighted by molar-refractivity contribution is 5.88. The van der Waals surface area contributed by atoms with Crippen LogP contribution in [0, 0.1) is 0 Å². The zero-order valence-corrected chi connectivity index (χ0v) is 9.36. The van der Waals surface area contributed by atoms with Gasteiger partial charge >= 0.3 is 5.97 Å². The van der Waals surface area contributed by atoms with Crippen LogP contribution in [0.2, 0.25) is 0 Å². The van der Waals surface area contributed by atoms with E-state index in [1.165, 1.54) is 18.3 Å². The van der Waals surface area contributed by atoms with Gasteiger partial charge in [0, 0.05) is 12.7 Å². The van der Waals surface area contributed by atoms with Gasteiger partial charge in [0.2, 0.25) is 0 Å². The molecule has 3 N–H and O–H groups in total. The Bertz CT molecular complexity index is 342. The van der Waals surface area contributed by atoms with Crippen molar-refractivity contribution in [3.05, 3.63) is 23.9 Å². The van der Waals surface area contributed by atoms with Crippen LogP contribution >= 0.6 is 0 Å². The monoisotopic (exact) mass is 223 g/mol. The summed E-state index contributed by atoms with van der Waals surface area (Å²) in [6, 6.07) is 3.02. The number of hydrogen-bond donors (Lipinski definition) is 3. The van der Waals surface area contributed by atoms with Crippen molar-refractivity contribution in [2.45, 2.75) is 13.3 Å². The van der Waals surface area contributed by atoms with Crippen LogP contribution < -0.4 is 10.6 Å². The highest BCUT2D eigenvalue weighted by Gasteiger charge is 2.03. The van der Waals surface area contributed by atoms with Gasteiger partial charge < -0.3 is 15.7 Å². The van der Waals surface area contributed by atoms with Crippen LogP contribution in [0.3, 0.4) is 0 Å². The van der Waals surface area contributed by atoms with Gasteiger partial charge in [0.05, 0.1) is 5.56 Å². The second-order valence-electron chi connectivity index (χ2n) is 3.37. The summed E-state index contributed by atoms with van der Waals surface area (Å²) >= 11 is 0. The van der Waals surface area contributed by atoms with E-state index in [0.29, 0.717) is 5.82 Å². The van der Waals surface area contributed by atoms with Gasteiger partial charge in [-0.15, -0.1) is 0 Å². The lowest BCUT2D eigenvalue weighted by molar-refractivity contribution is 0.0697. The third-order valence-corrected chi connectivity index (χ3v) is 2.09. The molecule has 0 saturated carbocycles. The molecule has 1 aromatic heterocycles. The van der Waals surface area contributed by atoms with Gasteiger partial charge in [-0.3, -0.25) is 0 Å². The van der Waals surface area contributed by atoms with Crippen LogP contribution in [-0.2, 0) is 0 Å². The Kier molecular flexibility index (Phi) is 5.28. The Morgan fingerprint density at radius 2 is 2.31 bits per heavy atom. The minimum Gasteiger partial charge on any atom is -0.478 e. The first-order valence-corrected chi connectivity index (χ1v) is 5.38. The number of anilines is 1. The smallest absolute Gasteiger partial charge is 0.335 e. The molecule has 0 saturated heterocycles.